The van der Waals surface area contributed by atoms with Crippen LogP contribution in [0, 0.1) is 0 Å². The van der Waals surface area contributed by atoms with Crippen LogP contribution in [-0.2, 0) is 16.7 Å². The highest BCUT2D eigenvalue weighted by Crippen LogP contribution is 2.54. The molecule has 0 amide bonds. The van der Waals surface area contributed by atoms with Crippen molar-refractivity contribution in [3.8, 4) is 11.5 Å². The number of nitrogens with zero attached hydrogens (tertiary/aromatic N) is 1. The molecule has 0 bridgehead atoms. The van der Waals surface area contributed by atoms with E-state index in [4.69, 9.17) is 9.47 Å². The van der Waals surface area contributed by atoms with Gasteiger partial charge in [-0.1, -0.05) is 6.08 Å². The van der Waals surface area contributed by atoms with Crippen molar-refractivity contribution < 1.29 is 19.7 Å². The molecule has 2 N–H and O–H groups in total. The van der Waals surface area contributed by atoms with Crippen molar-refractivity contribution in [2.45, 2.75) is 37.0 Å². The van der Waals surface area contributed by atoms with E-state index in [-0.39, 0.29) is 17.4 Å². The Kier molecular flexibility index (Phi) is 3.41. The van der Waals surface area contributed by atoms with E-state index in [1.54, 1.807) is 14.2 Å². The van der Waals surface area contributed by atoms with Gasteiger partial charge in [0.15, 0.2) is 11.5 Å². The second-order valence-corrected chi connectivity index (χ2v) is 6.69. The third-order valence-electron chi connectivity index (χ3n) is 5.78. The molecule has 2 heterocycles. The SMILES string of the molecule is COc1cc2c(cc1O)CCN1CCC3=C[C@@H](O)[C@H](OC)C[C@]321. The summed E-state index contributed by atoms with van der Waals surface area (Å²) in [5.41, 5.74) is 3.40. The third kappa shape index (κ3) is 1.97. The summed E-state index contributed by atoms with van der Waals surface area (Å²) in [4.78, 5) is 2.50. The lowest BCUT2D eigenvalue weighted by Gasteiger charge is -2.49. The van der Waals surface area contributed by atoms with E-state index >= 15 is 0 Å². The molecular formula is C18H23NO4. The molecule has 1 fully saturated rings. The number of aliphatic hydroxyl groups excluding tert-OH is 1. The van der Waals surface area contributed by atoms with Gasteiger partial charge in [-0.3, -0.25) is 4.90 Å². The summed E-state index contributed by atoms with van der Waals surface area (Å²) in [7, 11) is 3.23. The van der Waals surface area contributed by atoms with E-state index in [1.165, 1.54) is 16.7 Å². The zero-order valence-corrected chi connectivity index (χ0v) is 13.6. The molecule has 0 aromatic heterocycles. The summed E-state index contributed by atoms with van der Waals surface area (Å²) in [6.45, 7) is 1.96. The smallest absolute Gasteiger partial charge is 0.160 e. The summed E-state index contributed by atoms with van der Waals surface area (Å²) >= 11 is 0. The number of phenolic OH excluding ortho intramolecular Hbond substituents is 1. The standard InChI is InChI=1S/C18H23NO4/c1-22-16-9-13-11(7-14(16)20)3-5-19-6-4-12-8-15(21)17(23-2)10-18(12,13)19/h7-9,15,17,20-21H,3-6,10H2,1-2H3/t15-,17-,18+/m1/s1. The Labute approximate surface area is 136 Å². The summed E-state index contributed by atoms with van der Waals surface area (Å²) in [6, 6.07) is 3.81. The molecule has 0 unspecified atom stereocenters. The Hall–Kier alpha value is -1.56. The number of aromatic hydroxyl groups is 1. The molecule has 5 nitrogen and oxygen atoms in total. The molecule has 23 heavy (non-hydrogen) atoms. The highest BCUT2D eigenvalue weighted by molar-refractivity contribution is 5.55. The summed E-state index contributed by atoms with van der Waals surface area (Å²) < 4.78 is 10.9. The number of ether oxygens (including phenoxy) is 2. The number of fused-ring (bicyclic) bond motifs is 1. The van der Waals surface area contributed by atoms with E-state index < -0.39 is 6.10 Å². The lowest BCUT2D eigenvalue weighted by Crippen LogP contribution is -2.52. The van der Waals surface area contributed by atoms with Crippen molar-refractivity contribution in [3.63, 3.8) is 0 Å². The van der Waals surface area contributed by atoms with Gasteiger partial charge in [0, 0.05) is 26.6 Å². The molecule has 0 saturated carbocycles. The molecule has 1 aromatic rings. The first-order valence-corrected chi connectivity index (χ1v) is 8.17. The van der Waals surface area contributed by atoms with Crippen LogP contribution in [0.25, 0.3) is 0 Å². The topological polar surface area (TPSA) is 62.2 Å². The Morgan fingerprint density at radius 2 is 2.00 bits per heavy atom. The number of methoxy groups -OCH3 is 2. The van der Waals surface area contributed by atoms with E-state index in [0.717, 1.165) is 32.4 Å². The zero-order valence-electron chi connectivity index (χ0n) is 13.6. The maximum absolute atomic E-state index is 10.3. The van der Waals surface area contributed by atoms with E-state index in [2.05, 4.69) is 4.90 Å². The first-order valence-electron chi connectivity index (χ1n) is 8.17. The van der Waals surface area contributed by atoms with Gasteiger partial charge in [-0.25, -0.2) is 0 Å². The van der Waals surface area contributed by atoms with Gasteiger partial charge in [0.2, 0.25) is 0 Å². The fraction of sp³-hybridized carbons (Fsp3) is 0.556. The normalized spacial score (nSPS) is 32.7. The number of hydrogen-bond donors (Lipinski definition) is 2. The molecule has 4 rings (SSSR count). The van der Waals surface area contributed by atoms with Crippen LogP contribution in [0.5, 0.6) is 11.5 Å². The molecular weight excluding hydrogens is 294 g/mol. The van der Waals surface area contributed by atoms with Crippen LogP contribution in [0.1, 0.15) is 24.0 Å². The monoisotopic (exact) mass is 317 g/mol. The molecule has 2 aliphatic heterocycles. The van der Waals surface area contributed by atoms with E-state index in [9.17, 15) is 10.2 Å². The largest absolute Gasteiger partial charge is 0.504 e. The quantitative estimate of drug-likeness (QED) is 0.811. The van der Waals surface area contributed by atoms with Gasteiger partial charge in [0.25, 0.3) is 0 Å². The van der Waals surface area contributed by atoms with Crippen LogP contribution in [0.15, 0.2) is 23.8 Å². The van der Waals surface area contributed by atoms with Gasteiger partial charge in [0.1, 0.15) is 0 Å². The first-order chi connectivity index (χ1) is 11.1. The highest BCUT2D eigenvalue weighted by atomic mass is 16.5. The second-order valence-electron chi connectivity index (χ2n) is 6.69. The summed E-state index contributed by atoms with van der Waals surface area (Å²) in [5, 5.41) is 20.4. The number of benzene rings is 1. The lowest BCUT2D eigenvalue weighted by molar-refractivity contribution is -0.0345. The van der Waals surface area contributed by atoms with Gasteiger partial charge in [-0.15, -0.1) is 0 Å². The van der Waals surface area contributed by atoms with Crippen molar-refractivity contribution >= 4 is 0 Å². The van der Waals surface area contributed by atoms with Gasteiger partial charge in [0.05, 0.1) is 24.9 Å². The minimum atomic E-state index is -0.551. The van der Waals surface area contributed by atoms with Crippen molar-refractivity contribution in [2.24, 2.45) is 0 Å². The maximum Gasteiger partial charge on any atom is 0.160 e. The zero-order chi connectivity index (χ0) is 16.2. The molecule has 1 aliphatic carbocycles. The summed E-state index contributed by atoms with van der Waals surface area (Å²) in [5.74, 6) is 0.699. The summed E-state index contributed by atoms with van der Waals surface area (Å²) in [6.07, 6.45) is 3.83. The van der Waals surface area contributed by atoms with Crippen LogP contribution in [-0.4, -0.2) is 54.6 Å². The Morgan fingerprint density at radius 1 is 1.22 bits per heavy atom. The van der Waals surface area contributed by atoms with Crippen LogP contribution >= 0.6 is 0 Å². The average molecular weight is 317 g/mol. The highest BCUT2D eigenvalue weighted by Gasteiger charge is 2.53. The fourth-order valence-electron chi connectivity index (χ4n) is 4.66. The fourth-order valence-corrected chi connectivity index (χ4v) is 4.66. The van der Waals surface area contributed by atoms with E-state index in [0.29, 0.717) is 5.75 Å². The van der Waals surface area contributed by atoms with Crippen molar-refractivity contribution in [2.75, 3.05) is 27.3 Å². The van der Waals surface area contributed by atoms with E-state index in [1.807, 2.05) is 18.2 Å². The van der Waals surface area contributed by atoms with Crippen LogP contribution < -0.4 is 4.74 Å². The molecule has 1 aromatic carbocycles. The Bertz CT molecular complexity index is 671. The third-order valence-corrected chi connectivity index (χ3v) is 5.78. The number of hydrogen-bond acceptors (Lipinski definition) is 5. The predicted octanol–water partition coefficient (Wildman–Crippen LogP) is 1.56. The molecule has 124 valence electrons. The number of rotatable bonds is 2. The molecule has 3 aliphatic rings. The minimum absolute atomic E-state index is 0.193. The van der Waals surface area contributed by atoms with Gasteiger partial charge in [-0.05, 0) is 41.7 Å². The van der Waals surface area contributed by atoms with Crippen molar-refractivity contribution in [3.05, 3.63) is 34.9 Å². The molecule has 0 radical (unpaired) electrons. The predicted molar refractivity (Wildman–Crippen MR) is 85.7 cm³/mol. The molecule has 3 atom stereocenters. The number of aliphatic hydroxyl groups is 1. The molecule has 5 heteroatoms. The van der Waals surface area contributed by atoms with Crippen LogP contribution in [0.4, 0.5) is 0 Å². The maximum atomic E-state index is 10.3. The van der Waals surface area contributed by atoms with Crippen molar-refractivity contribution in [1.29, 1.82) is 0 Å². The molecule has 1 spiro atoms. The van der Waals surface area contributed by atoms with Gasteiger partial charge < -0.3 is 19.7 Å². The second kappa shape index (κ2) is 5.23. The first kappa shape index (κ1) is 15.0. The van der Waals surface area contributed by atoms with Gasteiger partial charge in [-0.2, -0.15) is 0 Å². The minimum Gasteiger partial charge on any atom is -0.504 e. The lowest BCUT2D eigenvalue weighted by atomic mass is 9.70. The molecule has 1 saturated heterocycles. The van der Waals surface area contributed by atoms with Crippen LogP contribution in [0.2, 0.25) is 0 Å². The van der Waals surface area contributed by atoms with Gasteiger partial charge >= 0.3 is 0 Å². The Balaban J connectivity index is 1.92. The average Bonchev–Trinajstić information content (AvgIpc) is 2.92. The van der Waals surface area contributed by atoms with Crippen molar-refractivity contribution in [1.82, 2.24) is 4.90 Å². The van der Waals surface area contributed by atoms with Crippen LogP contribution in [0.3, 0.4) is 0 Å². The number of phenols is 1. The Morgan fingerprint density at radius 3 is 2.74 bits per heavy atom.